The summed E-state index contributed by atoms with van der Waals surface area (Å²) in [7, 11) is 0. The summed E-state index contributed by atoms with van der Waals surface area (Å²) in [5.74, 6) is 0.627. The molecule has 0 atom stereocenters. The van der Waals surface area contributed by atoms with Gasteiger partial charge in [0.2, 0.25) is 0 Å². The quantitative estimate of drug-likeness (QED) is 0.831. The molecule has 0 bridgehead atoms. The molecule has 1 heterocycles. The topological polar surface area (TPSA) is 17.8 Å². The molecule has 0 aliphatic heterocycles. The maximum atomic E-state index is 4.51. The Bertz CT molecular complexity index is 515. The summed E-state index contributed by atoms with van der Waals surface area (Å²) in [5.41, 5.74) is 3.63. The summed E-state index contributed by atoms with van der Waals surface area (Å²) >= 11 is 3.46. The molecule has 17 heavy (non-hydrogen) atoms. The molecule has 2 nitrogen and oxygen atoms in total. The minimum atomic E-state index is 0.627. The number of rotatable bonds is 3. The molecule has 0 N–H and O–H groups in total. The summed E-state index contributed by atoms with van der Waals surface area (Å²) < 4.78 is 2.92. The van der Waals surface area contributed by atoms with Gasteiger partial charge in [0.25, 0.3) is 0 Å². The van der Waals surface area contributed by atoms with Crippen molar-refractivity contribution in [1.82, 2.24) is 9.78 Å². The SMILES string of the molecule is Cc1cccc(-n2nc(Br)cc2CC(C)C)c1. The van der Waals surface area contributed by atoms with E-state index >= 15 is 0 Å². The van der Waals surface area contributed by atoms with E-state index in [0.717, 1.165) is 16.7 Å². The zero-order valence-electron chi connectivity index (χ0n) is 10.4. The van der Waals surface area contributed by atoms with E-state index in [1.807, 2.05) is 4.68 Å². The Kier molecular flexibility index (Phi) is 3.67. The van der Waals surface area contributed by atoms with Crippen LogP contribution in [0.25, 0.3) is 5.69 Å². The van der Waals surface area contributed by atoms with Crippen LogP contribution in [0.1, 0.15) is 25.1 Å². The van der Waals surface area contributed by atoms with Crippen LogP contribution in [0.3, 0.4) is 0 Å². The van der Waals surface area contributed by atoms with Crippen molar-refractivity contribution < 1.29 is 0 Å². The van der Waals surface area contributed by atoms with Crippen molar-refractivity contribution in [2.24, 2.45) is 5.92 Å². The highest BCUT2D eigenvalue weighted by molar-refractivity contribution is 9.10. The lowest BCUT2D eigenvalue weighted by Crippen LogP contribution is -2.05. The first-order valence-electron chi connectivity index (χ1n) is 5.88. The van der Waals surface area contributed by atoms with Crippen LogP contribution in [0.4, 0.5) is 0 Å². The van der Waals surface area contributed by atoms with E-state index < -0.39 is 0 Å². The lowest BCUT2D eigenvalue weighted by atomic mass is 10.1. The van der Waals surface area contributed by atoms with E-state index in [4.69, 9.17) is 0 Å². The van der Waals surface area contributed by atoms with Crippen LogP contribution in [0.15, 0.2) is 34.9 Å². The number of hydrogen-bond donors (Lipinski definition) is 0. The van der Waals surface area contributed by atoms with Crippen LogP contribution in [0.5, 0.6) is 0 Å². The fourth-order valence-corrected chi connectivity index (χ4v) is 2.36. The van der Waals surface area contributed by atoms with Gasteiger partial charge in [-0.2, -0.15) is 5.10 Å². The van der Waals surface area contributed by atoms with Crippen molar-refractivity contribution >= 4 is 15.9 Å². The molecule has 0 aliphatic carbocycles. The molecule has 0 unspecified atom stereocenters. The van der Waals surface area contributed by atoms with Gasteiger partial charge >= 0.3 is 0 Å². The zero-order valence-corrected chi connectivity index (χ0v) is 12.0. The maximum Gasteiger partial charge on any atom is 0.128 e. The van der Waals surface area contributed by atoms with Gasteiger partial charge in [0, 0.05) is 5.69 Å². The normalized spacial score (nSPS) is 11.1. The van der Waals surface area contributed by atoms with Crippen LogP contribution in [0, 0.1) is 12.8 Å². The molecule has 0 saturated carbocycles. The molecular formula is C14H17BrN2. The van der Waals surface area contributed by atoms with Crippen molar-refractivity contribution in [2.45, 2.75) is 27.2 Å². The Labute approximate surface area is 111 Å². The number of benzene rings is 1. The van der Waals surface area contributed by atoms with Crippen molar-refractivity contribution in [2.75, 3.05) is 0 Å². The standard InChI is InChI=1S/C14H17BrN2/c1-10(2)7-13-9-14(15)16-17(13)12-6-4-5-11(3)8-12/h4-6,8-10H,7H2,1-3H3. The van der Waals surface area contributed by atoms with Crippen molar-refractivity contribution in [3.8, 4) is 5.69 Å². The zero-order chi connectivity index (χ0) is 12.4. The van der Waals surface area contributed by atoms with Gasteiger partial charge < -0.3 is 0 Å². The van der Waals surface area contributed by atoms with Crippen LogP contribution in [-0.4, -0.2) is 9.78 Å². The van der Waals surface area contributed by atoms with Crippen LogP contribution < -0.4 is 0 Å². The molecule has 0 fully saturated rings. The van der Waals surface area contributed by atoms with E-state index in [-0.39, 0.29) is 0 Å². The Morgan fingerprint density at radius 3 is 2.71 bits per heavy atom. The second-order valence-electron chi connectivity index (χ2n) is 4.81. The average molecular weight is 293 g/mol. The molecule has 90 valence electrons. The average Bonchev–Trinajstić information content (AvgIpc) is 2.58. The molecule has 2 aromatic rings. The maximum absolute atomic E-state index is 4.51. The Morgan fingerprint density at radius 2 is 2.06 bits per heavy atom. The van der Waals surface area contributed by atoms with Crippen LogP contribution >= 0.6 is 15.9 Å². The van der Waals surface area contributed by atoms with E-state index in [2.05, 4.69) is 72.1 Å². The summed E-state index contributed by atoms with van der Waals surface area (Å²) in [6.07, 6.45) is 1.03. The van der Waals surface area contributed by atoms with E-state index in [9.17, 15) is 0 Å². The largest absolute Gasteiger partial charge is 0.237 e. The Balaban J connectivity index is 2.44. The number of aryl methyl sites for hydroxylation is 1. The molecule has 0 spiro atoms. The van der Waals surface area contributed by atoms with Gasteiger partial charge in [-0.15, -0.1) is 0 Å². The smallest absolute Gasteiger partial charge is 0.128 e. The molecule has 0 amide bonds. The van der Waals surface area contributed by atoms with Gasteiger partial charge in [0.15, 0.2) is 0 Å². The highest BCUT2D eigenvalue weighted by atomic mass is 79.9. The Hall–Kier alpha value is -1.09. The lowest BCUT2D eigenvalue weighted by molar-refractivity contribution is 0.616. The van der Waals surface area contributed by atoms with Crippen molar-refractivity contribution in [3.63, 3.8) is 0 Å². The van der Waals surface area contributed by atoms with Crippen molar-refractivity contribution in [3.05, 3.63) is 46.2 Å². The number of hydrogen-bond acceptors (Lipinski definition) is 1. The first-order valence-corrected chi connectivity index (χ1v) is 6.67. The molecule has 1 aromatic heterocycles. The highest BCUT2D eigenvalue weighted by Crippen LogP contribution is 2.19. The molecule has 0 aliphatic rings. The summed E-state index contributed by atoms with van der Waals surface area (Å²) in [6, 6.07) is 10.5. The van der Waals surface area contributed by atoms with Gasteiger partial charge in [-0.25, -0.2) is 4.68 Å². The van der Waals surface area contributed by atoms with E-state index in [1.54, 1.807) is 0 Å². The second-order valence-corrected chi connectivity index (χ2v) is 5.62. The monoisotopic (exact) mass is 292 g/mol. The Morgan fingerprint density at radius 1 is 1.29 bits per heavy atom. The van der Waals surface area contributed by atoms with Gasteiger partial charge in [-0.05, 0) is 59.0 Å². The van der Waals surface area contributed by atoms with Gasteiger partial charge in [0.1, 0.15) is 4.60 Å². The van der Waals surface area contributed by atoms with E-state index in [1.165, 1.54) is 11.3 Å². The van der Waals surface area contributed by atoms with Gasteiger partial charge in [-0.3, -0.25) is 0 Å². The molecule has 3 heteroatoms. The predicted molar refractivity (Wildman–Crippen MR) is 74.5 cm³/mol. The first kappa shape index (κ1) is 12.4. The third kappa shape index (κ3) is 2.97. The van der Waals surface area contributed by atoms with Crippen LogP contribution in [0.2, 0.25) is 0 Å². The van der Waals surface area contributed by atoms with E-state index in [0.29, 0.717) is 5.92 Å². The summed E-state index contributed by atoms with van der Waals surface area (Å²) in [5, 5.41) is 4.51. The number of halogens is 1. The minimum Gasteiger partial charge on any atom is -0.237 e. The first-order chi connectivity index (χ1) is 8.06. The number of aromatic nitrogens is 2. The van der Waals surface area contributed by atoms with Gasteiger partial charge in [-0.1, -0.05) is 26.0 Å². The molecule has 1 aromatic carbocycles. The lowest BCUT2D eigenvalue weighted by Gasteiger charge is -2.09. The molecular weight excluding hydrogens is 276 g/mol. The molecule has 2 rings (SSSR count). The molecule has 0 saturated heterocycles. The predicted octanol–water partition coefficient (Wildman–Crippen LogP) is 4.14. The number of nitrogens with zero attached hydrogens (tertiary/aromatic N) is 2. The fraction of sp³-hybridized carbons (Fsp3) is 0.357. The van der Waals surface area contributed by atoms with Crippen LogP contribution in [-0.2, 0) is 6.42 Å². The highest BCUT2D eigenvalue weighted by Gasteiger charge is 2.09. The van der Waals surface area contributed by atoms with Crippen molar-refractivity contribution in [1.29, 1.82) is 0 Å². The second kappa shape index (κ2) is 5.05. The molecule has 0 radical (unpaired) electrons. The fourth-order valence-electron chi connectivity index (χ4n) is 1.93. The third-order valence-corrected chi connectivity index (χ3v) is 3.00. The third-order valence-electron chi connectivity index (χ3n) is 2.62. The minimum absolute atomic E-state index is 0.627. The summed E-state index contributed by atoms with van der Waals surface area (Å²) in [6.45, 7) is 6.55. The summed E-state index contributed by atoms with van der Waals surface area (Å²) in [4.78, 5) is 0. The van der Waals surface area contributed by atoms with Gasteiger partial charge in [0.05, 0.1) is 5.69 Å².